The summed E-state index contributed by atoms with van der Waals surface area (Å²) in [5.41, 5.74) is 3.35. The van der Waals surface area contributed by atoms with E-state index in [1.807, 2.05) is 72.8 Å². The van der Waals surface area contributed by atoms with Crippen molar-refractivity contribution in [3.63, 3.8) is 0 Å². The quantitative estimate of drug-likeness (QED) is 0.640. The van der Waals surface area contributed by atoms with Crippen LogP contribution in [-0.2, 0) is 9.59 Å². The van der Waals surface area contributed by atoms with Gasteiger partial charge in [-0.3, -0.25) is 9.59 Å². The number of hydrogen-bond donors (Lipinski definition) is 1. The Morgan fingerprint density at radius 3 is 1.84 bits per heavy atom. The van der Waals surface area contributed by atoms with Crippen molar-refractivity contribution in [1.29, 1.82) is 0 Å². The highest BCUT2D eigenvalue weighted by Gasteiger charge is 2.32. The summed E-state index contributed by atoms with van der Waals surface area (Å²) in [6.45, 7) is 7.65. The summed E-state index contributed by atoms with van der Waals surface area (Å²) in [6.07, 6.45) is 4.79. The second kappa shape index (κ2) is 11.4. The lowest BCUT2D eigenvalue weighted by Crippen LogP contribution is -2.39. The highest BCUT2D eigenvalue weighted by atomic mass is 16.2. The Bertz CT molecular complexity index is 867. The Kier molecular flexibility index (Phi) is 8.36. The molecule has 2 aromatic rings. The third kappa shape index (κ3) is 6.50. The molecular weight excluding hydrogens is 384 g/mol. The summed E-state index contributed by atoms with van der Waals surface area (Å²) in [7, 11) is 0. The summed E-state index contributed by atoms with van der Waals surface area (Å²) < 4.78 is 0. The number of nitrogens with one attached hydrogen (secondary N) is 1. The van der Waals surface area contributed by atoms with Crippen molar-refractivity contribution in [2.24, 2.45) is 5.92 Å². The number of carbonyl (C=O) groups is 2. The first-order chi connectivity index (χ1) is 15.1. The normalized spacial score (nSPS) is 19.2. The Balaban J connectivity index is 1.81. The van der Waals surface area contributed by atoms with Gasteiger partial charge in [0.05, 0.1) is 0 Å². The van der Waals surface area contributed by atoms with E-state index in [1.54, 1.807) is 0 Å². The zero-order valence-electron chi connectivity index (χ0n) is 18.5. The van der Waals surface area contributed by atoms with E-state index in [-0.39, 0.29) is 17.6 Å². The van der Waals surface area contributed by atoms with Crippen LogP contribution in [0.25, 0.3) is 12.2 Å². The molecule has 0 aliphatic heterocycles. The molecule has 3 rings (SSSR count). The number of nitrogens with zero attached hydrogens (tertiary/aromatic N) is 1. The van der Waals surface area contributed by atoms with Crippen molar-refractivity contribution in [2.45, 2.75) is 26.7 Å². The van der Waals surface area contributed by atoms with Crippen LogP contribution in [0.15, 0.2) is 71.8 Å². The van der Waals surface area contributed by atoms with E-state index in [0.717, 1.165) is 30.8 Å². The summed E-state index contributed by atoms with van der Waals surface area (Å²) in [6, 6.07) is 19.7. The predicted molar refractivity (Wildman–Crippen MR) is 127 cm³/mol. The van der Waals surface area contributed by atoms with Crippen LogP contribution in [0, 0.1) is 5.92 Å². The maximum Gasteiger partial charge on any atom is 0.223 e. The SMILES string of the molecule is CCN(CC)CCNC(=O)C1C/C(=C\c2ccccc2)C(=O)/C(=C/c2ccccc2)C1. The highest BCUT2D eigenvalue weighted by molar-refractivity contribution is 6.15. The van der Waals surface area contributed by atoms with Gasteiger partial charge in [-0.05, 0) is 49.2 Å². The van der Waals surface area contributed by atoms with E-state index in [9.17, 15) is 9.59 Å². The Labute approximate surface area is 185 Å². The highest BCUT2D eigenvalue weighted by Crippen LogP contribution is 2.32. The first-order valence-corrected chi connectivity index (χ1v) is 11.2. The molecule has 4 heteroatoms. The standard InChI is InChI=1S/C27H32N2O2/c1-3-29(4-2)16-15-28-27(31)25-19-23(17-21-11-7-5-8-12-21)26(30)24(20-25)18-22-13-9-6-10-14-22/h5-14,17-18,25H,3-4,15-16,19-20H2,1-2H3,(H,28,31)/b23-17+,24-18+. The molecule has 0 atom stereocenters. The van der Waals surface area contributed by atoms with Crippen molar-refractivity contribution in [3.05, 3.63) is 82.9 Å². The van der Waals surface area contributed by atoms with Crippen LogP contribution in [0.3, 0.4) is 0 Å². The minimum atomic E-state index is -0.237. The van der Waals surface area contributed by atoms with Crippen LogP contribution >= 0.6 is 0 Å². The van der Waals surface area contributed by atoms with E-state index in [0.29, 0.717) is 30.5 Å². The van der Waals surface area contributed by atoms with Crippen molar-refractivity contribution < 1.29 is 9.59 Å². The monoisotopic (exact) mass is 416 g/mol. The van der Waals surface area contributed by atoms with E-state index in [2.05, 4.69) is 24.1 Å². The second-order valence-corrected chi connectivity index (χ2v) is 7.91. The van der Waals surface area contributed by atoms with Crippen LogP contribution in [0.5, 0.6) is 0 Å². The van der Waals surface area contributed by atoms with Gasteiger partial charge in [0.2, 0.25) is 5.91 Å². The van der Waals surface area contributed by atoms with Gasteiger partial charge in [-0.15, -0.1) is 0 Å². The lowest BCUT2D eigenvalue weighted by atomic mass is 9.79. The zero-order chi connectivity index (χ0) is 22.1. The molecule has 1 aliphatic carbocycles. The molecule has 31 heavy (non-hydrogen) atoms. The number of ketones is 1. The molecule has 162 valence electrons. The van der Waals surface area contributed by atoms with Gasteiger partial charge in [-0.2, -0.15) is 0 Å². The van der Waals surface area contributed by atoms with Crippen LogP contribution < -0.4 is 5.32 Å². The van der Waals surface area contributed by atoms with Gasteiger partial charge in [0.25, 0.3) is 0 Å². The topological polar surface area (TPSA) is 49.4 Å². The molecular formula is C27H32N2O2. The molecule has 0 aromatic heterocycles. The number of likely N-dealkylation sites (N-methyl/N-ethyl adjacent to an activating group) is 1. The molecule has 0 bridgehead atoms. The average molecular weight is 417 g/mol. The third-order valence-corrected chi connectivity index (χ3v) is 5.79. The van der Waals surface area contributed by atoms with Crippen LogP contribution in [0.1, 0.15) is 37.8 Å². The number of amides is 1. The summed E-state index contributed by atoms with van der Waals surface area (Å²) in [5.74, 6) is -0.170. The lowest BCUT2D eigenvalue weighted by molar-refractivity contribution is -0.125. The summed E-state index contributed by atoms with van der Waals surface area (Å²) >= 11 is 0. The second-order valence-electron chi connectivity index (χ2n) is 7.91. The third-order valence-electron chi connectivity index (χ3n) is 5.79. The summed E-state index contributed by atoms with van der Waals surface area (Å²) in [5, 5.41) is 3.09. The van der Waals surface area contributed by atoms with Gasteiger partial charge >= 0.3 is 0 Å². The van der Waals surface area contributed by atoms with Crippen LogP contribution in [0.4, 0.5) is 0 Å². The van der Waals surface area contributed by atoms with Gasteiger partial charge in [0.15, 0.2) is 5.78 Å². The number of benzene rings is 2. The van der Waals surface area contributed by atoms with E-state index in [4.69, 9.17) is 0 Å². The van der Waals surface area contributed by atoms with Crippen molar-refractivity contribution >= 4 is 23.8 Å². The van der Waals surface area contributed by atoms with Gasteiger partial charge in [-0.25, -0.2) is 0 Å². The fourth-order valence-electron chi connectivity index (χ4n) is 3.95. The molecule has 0 saturated heterocycles. The fourth-order valence-corrected chi connectivity index (χ4v) is 3.95. The Hall–Kier alpha value is -2.98. The number of rotatable bonds is 8. The molecule has 2 aromatic carbocycles. The number of Topliss-reactive ketones (excluding diaryl/α,β-unsaturated/α-hetero) is 1. The molecule has 1 N–H and O–H groups in total. The van der Waals surface area contributed by atoms with Crippen molar-refractivity contribution in [2.75, 3.05) is 26.2 Å². The minimum absolute atomic E-state index is 0.0255. The Morgan fingerprint density at radius 2 is 1.39 bits per heavy atom. The summed E-state index contributed by atoms with van der Waals surface area (Å²) in [4.78, 5) is 28.5. The lowest BCUT2D eigenvalue weighted by Gasteiger charge is -2.26. The average Bonchev–Trinajstić information content (AvgIpc) is 2.80. The van der Waals surface area contributed by atoms with Crippen molar-refractivity contribution in [1.82, 2.24) is 10.2 Å². The van der Waals surface area contributed by atoms with Gasteiger partial charge in [-0.1, -0.05) is 74.5 Å². The van der Waals surface area contributed by atoms with Crippen LogP contribution in [0.2, 0.25) is 0 Å². The maximum atomic E-state index is 13.2. The van der Waals surface area contributed by atoms with E-state index >= 15 is 0 Å². The first kappa shape index (κ1) is 22.7. The van der Waals surface area contributed by atoms with Gasteiger partial charge in [0.1, 0.15) is 0 Å². The Morgan fingerprint density at radius 1 is 0.903 bits per heavy atom. The molecule has 0 spiro atoms. The maximum absolute atomic E-state index is 13.2. The predicted octanol–water partition coefficient (Wildman–Crippen LogP) is 4.59. The van der Waals surface area contributed by atoms with Crippen molar-refractivity contribution in [3.8, 4) is 0 Å². The largest absolute Gasteiger partial charge is 0.355 e. The molecule has 1 aliphatic rings. The number of hydrogen-bond acceptors (Lipinski definition) is 3. The zero-order valence-corrected chi connectivity index (χ0v) is 18.5. The fraction of sp³-hybridized carbons (Fsp3) is 0.333. The van der Waals surface area contributed by atoms with Gasteiger partial charge < -0.3 is 10.2 Å². The molecule has 0 unspecified atom stereocenters. The van der Waals surface area contributed by atoms with E-state index in [1.165, 1.54) is 0 Å². The minimum Gasteiger partial charge on any atom is -0.355 e. The molecule has 0 radical (unpaired) electrons. The number of allylic oxidation sites excluding steroid dienone is 2. The molecule has 0 heterocycles. The smallest absolute Gasteiger partial charge is 0.223 e. The molecule has 1 fully saturated rings. The first-order valence-electron chi connectivity index (χ1n) is 11.2. The molecule has 1 saturated carbocycles. The van der Waals surface area contributed by atoms with Gasteiger partial charge in [0, 0.05) is 30.2 Å². The number of carbonyl (C=O) groups excluding carboxylic acids is 2. The molecule has 1 amide bonds. The van der Waals surface area contributed by atoms with Crippen LogP contribution in [-0.4, -0.2) is 42.8 Å². The molecule has 4 nitrogen and oxygen atoms in total. The van der Waals surface area contributed by atoms with E-state index < -0.39 is 0 Å².